The molecule has 1 aromatic carbocycles. The van der Waals surface area contributed by atoms with E-state index in [0.29, 0.717) is 52.7 Å². The summed E-state index contributed by atoms with van der Waals surface area (Å²) >= 11 is 0. The second kappa shape index (κ2) is 7.83. The Labute approximate surface area is 186 Å². The molecule has 0 spiro atoms. The Morgan fingerprint density at radius 1 is 1.09 bits per heavy atom. The van der Waals surface area contributed by atoms with Crippen molar-refractivity contribution in [3.8, 4) is 0 Å². The number of fused-ring (bicyclic) bond motifs is 2. The third kappa shape index (κ3) is 3.99. The molecule has 1 fully saturated rings. The van der Waals surface area contributed by atoms with Crippen LogP contribution >= 0.6 is 0 Å². The van der Waals surface area contributed by atoms with E-state index >= 15 is 0 Å². The van der Waals surface area contributed by atoms with E-state index in [-0.39, 0.29) is 12.8 Å². The Balaban J connectivity index is 1.50. The maximum Gasteiger partial charge on any atom is 0.416 e. The molecule has 1 saturated carbocycles. The summed E-state index contributed by atoms with van der Waals surface area (Å²) in [5.41, 5.74) is 8.45. The number of rotatable bonds is 3. The predicted molar refractivity (Wildman–Crippen MR) is 114 cm³/mol. The first-order valence-electron chi connectivity index (χ1n) is 10.8. The third-order valence-corrected chi connectivity index (χ3v) is 6.60. The Hall–Kier alpha value is -2.94. The summed E-state index contributed by atoms with van der Waals surface area (Å²) in [6, 6.07) is 2.47. The number of alkyl halides is 5. The standard InChI is InChI=1S/C24H21F5N4/c25-23(26)7-1-2-14(22(23)30)9-20-32-11-15-10-31-12-19(21(15)33-20)18-5-3-13-8-16(24(27,28)29)4-6-17(13)18/h4-6,8,10-12,14,22H,1-3,7,9,30H2. The third-order valence-electron chi connectivity index (χ3n) is 6.60. The topological polar surface area (TPSA) is 64.7 Å². The molecule has 0 aliphatic heterocycles. The van der Waals surface area contributed by atoms with Gasteiger partial charge in [-0.05, 0) is 54.0 Å². The molecular formula is C24H21F5N4. The van der Waals surface area contributed by atoms with Crippen LogP contribution in [0.25, 0.3) is 16.5 Å². The van der Waals surface area contributed by atoms with E-state index in [1.807, 2.05) is 6.08 Å². The minimum Gasteiger partial charge on any atom is -0.322 e. The molecule has 3 aromatic rings. The van der Waals surface area contributed by atoms with Gasteiger partial charge in [0.1, 0.15) is 5.82 Å². The van der Waals surface area contributed by atoms with Crippen molar-refractivity contribution in [3.63, 3.8) is 0 Å². The fraction of sp³-hybridized carbons (Fsp3) is 0.375. The SMILES string of the molecule is NC1C(Cc2ncc3cncc(C4=CCc5cc(C(F)(F)F)ccc54)c3n2)CCCC1(F)F. The van der Waals surface area contributed by atoms with E-state index in [4.69, 9.17) is 5.73 Å². The van der Waals surface area contributed by atoms with Gasteiger partial charge in [0, 0.05) is 42.4 Å². The normalized spacial score (nSPS) is 22.3. The molecule has 2 atom stereocenters. The number of halogens is 5. The summed E-state index contributed by atoms with van der Waals surface area (Å²) in [7, 11) is 0. The molecule has 2 aliphatic rings. The highest BCUT2D eigenvalue weighted by molar-refractivity contribution is 5.96. The highest BCUT2D eigenvalue weighted by Gasteiger charge is 2.44. The fourth-order valence-electron chi connectivity index (χ4n) is 4.82. The smallest absolute Gasteiger partial charge is 0.322 e. The molecule has 0 bridgehead atoms. The van der Waals surface area contributed by atoms with Crippen molar-refractivity contribution < 1.29 is 22.0 Å². The molecule has 2 aromatic heterocycles. The van der Waals surface area contributed by atoms with Crippen LogP contribution < -0.4 is 5.73 Å². The van der Waals surface area contributed by atoms with Gasteiger partial charge in [-0.25, -0.2) is 18.7 Å². The molecule has 5 rings (SSSR count). The molecule has 0 saturated heterocycles. The molecule has 9 heteroatoms. The predicted octanol–water partition coefficient (Wildman–Crippen LogP) is 5.34. The van der Waals surface area contributed by atoms with Gasteiger partial charge in [0.25, 0.3) is 5.92 Å². The molecule has 0 amide bonds. The summed E-state index contributed by atoms with van der Waals surface area (Å²) < 4.78 is 67.4. The van der Waals surface area contributed by atoms with Crippen molar-refractivity contribution in [2.45, 2.75) is 50.2 Å². The van der Waals surface area contributed by atoms with Crippen molar-refractivity contribution in [2.75, 3.05) is 0 Å². The number of pyridine rings is 1. The van der Waals surface area contributed by atoms with Crippen molar-refractivity contribution in [1.29, 1.82) is 0 Å². The average molecular weight is 460 g/mol. The van der Waals surface area contributed by atoms with Crippen LogP contribution in [0.5, 0.6) is 0 Å². The first-order valence-corrected chi connectivity index (χ1v) is 10.8. The number of benzene rings is 1. The Bertz CT molecular complexity index is 1250. The van der Waals surface area contributed by atoms with Crippen molar-refractivity contribution in [1.82, 2.24) is 15.0 Å². The molecular weight excluding hydrogens is 439 g/mol. The summed E-state index contributed by atoms with van der Waals surface area (Å²) in [6.07, 6.45) is 3.67. The maximum atomic E-state index is 14.1. The monoisotopic (exact) mass is 460 g/mol. The van der Waals surface area contributed by atoms with Crippen LogP contribution in [0.3, 0.4) is 0 Å². The van der Waals surface area contributed by atoms with Gasteiger partial charge in [0.15, 0.2) is 0 Å². The lowest BCUT2D eigenvalue weighted by atomic mass is 9.80. The number of nitrogens with zero attached hydrogens (tertiary/aromatic N) is 3. The van der Waals surface area contributed by atoms with E-state index in [1.165, 1.54) is 12.1 Å². The summed E-state index contributed by atoms with van der Waals surface area (Å²) in [5, 5.41) is 0.663. The van der Waals surface area contributed by atoms with Gasteiger partial charge in [-0.1, -0.05) is 12.1 Å². The Morgan fingerprint density at radius 3 is 2.70 bits per heavy atom. The van der Waals surface area contributed by atoms with Crippen LogP contribution in [-0.2, 0) is 19.0 Å². The molecule has 172 valence electrons. The van der Waals surface area contributed by atoms with Gasteiger partial charge in [0.05, 0.1) is 17.1 Å². The second-order valence-corrected chi connectivity index (χ2v) is 8.75. The highest BCUT2D eigenvalue weighted by Crippen LogP contribution is 2.39. The van der Waals surface area contributed by atoms with Gasteiger partial charge in [0.2, 0.25) is 0 Å². The zero-order chi connectivity index (χ0) is 23.4. The minimum atomic E-state index is -4.41. The number of allylic oxidation sites excluding steroid dienone is 1. The molecule has 4 nitrogen and oxygen atoms in total. The fourth-order valence-corrected chi connectivity index (χ4v) is 4.82. The summed E-state index contributed by atoms with van der Waals surface area (Å²) in [5.74, 6) is -2.91. The van der Waals surface area contributed by atoms with Crippen LogP contribution in [0.2, 0.25) is 0 Å². The molecule has 2 N–H and O–H groups in total. The van der Waals surface area contributed by atoms with E-state index in [2.05, 4.69) is 15.0 Å². The lowest BCUT2D eigenvalue weighted by molar-refractivity contribution is -0.137. The van der Waals surface area contributed by atoms with Crippen molar-refractivity contribution in [3.05, 3.63) is 70.9 Å². The number of nitrogens with two attached hydrogens (primary N) is 1. The largest absolute Gasteiger partial charge is 0.416 e. The Morgan fingerprint density at radius 2 is 1.91 bits per heavy atom. The summed E-state index contributed by atoms with van der Waals surface area (Å²) in [4.78, 5) is 13.2. The minimum absolute atomic E-state index is 0.206. The molecule has 2 aliphatic carbocycles. The molecule has 33 heavy (non-hydrogen) atoms. The lowest BCUT2D eigenvalue weighted by Gasteiger charge is -2.35. The van der Waals surface area contributed by atoms with Gasteiger partial charge < -0.3 is 5.73 Å². The number of hydrogen-bond acceptors (Lipinski definition) is 4. The zero-order valence-electron chi connectivity index (χ0n) is 17.5. The van der Waals surface area contributed by atoms with Gasteiger partial charge in [-0.3, -0.25) is 4.98 Å². The molecule has 2 heterocycles. The quantitative estimate of drug-likeness (QED) is 0.536. The van der Waals surface area contributed by atoms with E-state index < -0.39 is 29.6 Å². The van der Waals surface area contributed by atoms with Crippen LogP contribution in [0.4, 0.5) is 22.0 Å². The maximum absolute atomic E-state index is 14.1. The first kappa shape index (κ1) is 21.9. The summed E-state index contributed by atoms with van der Waals surface area (Å²) in [6.45, 7) is 0. The Kier molecular flexibility index (Phi) is 5.19. The zero-order valence-corrected chi connectivity index (χ0v) is 17.5. The first-order chi connectivity index (χ1) is 15.6. The van der Waals surface area contributed by atoms with Gasteiger partial charge >= 0.3 is 6.18 Å². The number of aromatic nitrogens is 3. The van der Waals surface area contributed by atoms with E-state index in [9.17, 15) is 22.0 Å². The van der Waals surface area contributed by atoms with Crippen LogP contribution in [-0.4, -0.2) is 26.9 Å². The number of hydrogen-bond donors (Lipinski definition) is 1. The van der Waals surface area contributed by atoms with E-state index in [1.54, 1.807) is 18.6 Å². The molecule has 0 radical (unpaired) electrons. The van der Waals surface area contributed by atoms with Crippen molar-refractivity contribution in [2.24, 2.45) is 11.7 Å². The van der Waals surface area contributed by atoms with E-state index in [0.717, 1.165) is 11.6 Å². The van der Waals surface area contributed by atoms with Crippen LogP contribution in [0, 0.1) is 5.92 Å². The van der Waals surface area contributed by atoms with Crippen molar-refractivity contribution >= 4 is 16.5 Å². The van der Waals surface area contributed by atoms with Crippen LogP contribution in [0.1, 0.15) is 47.3 Å². The highest BCUT2D eigenvalue weighted by atomic mass is 19.4. The lowest BCUT2D eigenvalue weighted by Crippen LogP contribution is -2.50. The molecule has 2 unspecified atom stereocenters. The average Bonchev–Trinajstić information content (AvgIpc) is 3.19. The van der Waals surface area contributed by atoms with Gasteiger partial charge in [-0.15, -0.1) is 0 Å². The van der Waals surface area contributed by atoms with Crippen LogP contribution in [0.15, 0.2) is 42.9 Å². The second-order valence-electron chi connectivity index (χ2n) is 8.75. The van der Waals surface area contributed by atoms with Gasteiger partial charge in [-0.2, -0.15) is 13.2 Å².